The zero-order chi connectivity index (χ0) is 13.3. The average molecular weight is 230 g/mol. The lowest BCUT2D eigenvalue weighted by Crippen LogP contribution is -1.79. The number of benzene rings is 1. The molecule has 0 atom stereocenters. The van der Waals surface area contributed by atoms with Crippen molar-refractivity contribution in [3.63, 3.8) is 0 Å². The fourth-order valence-corrected chi connectivity index (χ4v) is 1.11. The quantitative estimate of drug-likeness (QED) is 0.632. The number of aryl methyl sites for hydroxylation is 1. The third-order valence-corrected chi connectivity index (χ3v) is 1.99. The second-order valence-electron chi connectivity index (χ2n) is 3.68. The molecule has 0 heterocycles. The summed E-state index contributed by atoms with van der Waals surface area (Å²) in [5.74, 6) is 0. The SMILES string of the molecule is C=C(C)/C=C\C(=C)c1ccc(C)cc1.O=CO. The molecule has 1 N–H and O–H groups in total. The molecule has 1 rings (SSSR count). The highest BCUT2D eigenvalue weighted by molar-refractivity contribution is 5.72. The molecular formula is C15H18O2. The lowest BCUT2D eigenvalue weighted by molar-refractivity contribution is -0.122. The normalized spacial score (nSPS) is 9.29. The maximum atomic E-state index is 8.36. The predicted octanol–water partition coefficient (Wildman–Crippen LogP) is 3.84. The first-order valence-electron chi connectivity index (χ1n) is 5.18. The van der Waals surface area contributed by atoms with E-state index in [2.05, 4.69) is 44.3 Å². The van der Waals surface area contributed by atoms with Gasteiger partial charge in [-0.1, -0.05) is 60.7 Å². The zero-order valence-corrected chi connectivity index (χ0v) is 10.3. The van der Waals surface area contributed by atoms with Gasteiger partial charge >= 0.3 is 0 Å². The van der Waals surface area contributed by atoms with Crippen molar-refractivity contribution in [2.45, 2.75) is 13.8 Å². The van der Waals surface area contributed by atoms with Crippen molar-refractivity contribution in [3.8, 4) is 0 Å². The first-order chi connectivity index (χ1) is 8.01. The third kappa shape index (κ3) is 6.90. The van der Waals surface area contributed by atoms with Crippen LogP contribution in [-0.4, -0.2) is 11.6 Å². The summed E-state index contributed by atoms with van der Waals surface area (Å²) in [5, 5.41) is 6.89. The molecule has 2 heteroatoms. The Morgan fingerprint density at radius 2 is 1.65 bits per heavy atom. The van der Waals surface area contributed by atoms with Gasteiger partial charge in [0.15, 0.2) is 0 Å². The summed E-state index contributed by atoms with van der Waals surface area (Å²) in [7, 11) is 0. The van der Waals surface area contributed by atoms with E-state index in [9.17, 15) is 0 Å². The Morgan fingerprint density at radius 3 is 2.06 bits per heavy atom. The molecule has 90 valence electrons. The largest absolute Gasteiger partial charge is 0.483 e. The molecule has 0 fully saturated rings. The number of rotatable bonds is 3. The van der Waals surface area contributed by atoms with E-state index in [-0.39, 0.29) is 6.47 Å². The molecule has 0 saturated heterocycles. The topological polar surface area (TPSA) is 37.3 Å². The highest BCUT2D eigenvalue weighted by atomic mass is 16.3. The Balaban J connectivity index is 0.000000770. The smallest absolute Gasteiger partial charge is 0.290 e. The van der Waals surface area contributed by atoms with E-state index in [1.165, 1.54) is 5.56 Å². The Morgan fingerprint density at radius 1 is 1.18 bits per heavy atom. The monoisotopic (exact) mass is 230 g/mol. The Bertz CT molecular complexity index is 411. The van der Waals surface area contributed by atoms with Gasteiger partial charge < -0.3 is 5.11 Å². The maximum Gasteiger partial charge on any atom is 0.290 e. The van der Waals surface area contributed by atoms with Crippen LogP contribution < -0.4 is 0 Å². The van der Waals surface area contributed by atoms with Gasteiger partial charge in [-0.2, -0.15) is 0 Å². The van der Waals surface area contributed by atoms with Crippen molar-refractivity contribution in [2.24, 2.45) is 0 Å². The number of carboxylic acid groups (broad SMARTS) is 1. The van der Waals surface area contributed by atoms with Crippen LogP contribution in [0.25, 0.3) is 5.57 Å². The van der Waals surface area contributed by atoms with E-state index in [4.69, 9.17) is 9.90 Å². The summed E-state index contributed by atoms with van der Waals surface area (Å²) >= 11 is 0. The van der Waals surface area contributed by atoms with Crippen LogP contribution in [0.4, 0.5) is 0 Å². The van der Waals surface area contributed by atoms with E-state index in [0.29, 0.717) is 0 Å². The second-order valence-corrected chi connectivity index (χ2v) is 3.68. The Hall–Kier alpha value is -2.09. The van der Waals surface area contributed by atoms with Crippen LogP contribution in [0.2, 0.25) is 0 Å². The summed E-state index contributed by atoms with van der Waals surface area (Å²) in [4.78, 5) is 8.36. The van der Waals surface area contributed by atoms with Gasteiger partial charge in [0.05, 0.1) is 0 Å². The molecular weight excluding hydrogens is 212 g/mol. The van der Waals surface area contributed by atoms with Crippen LogP contribution in [0.3, 0.4) is 0 Å². The molecule has 17 heavy (non-hydrogen) atoms. The molecule has 1 aromatic carbocycles. The van der Waals surface area contributed by atoms with Crippen LogP contribution >= 0.6 is 0 Å². The minimum Gasteiger partial charge on any atom is -0.483 e. The maximum absolute atomic E-state index is 8.36. The number of hydrogen-bond donors (Lipinski definition) is 1. The van der Waals surface area contributed by atoms with Crippen LogP contribution in [0.1, 0.15) is 18.1 Å². The van der Waals surface area contributed by atoms with E-state index < -0.39 is 0 Å². The van der Waals surface area contributed by atoms with Crippen molar-refractivity contribution in [1.29, 1.82) is 0 Å². The number of carbonyl (C=O) groups is 1. The fraction of sp³-hybridized carbons (Fsp3) is 0.133. The minimum absolute atomic E-state index is 0.250. The van der Waals surface area contributed by atoms with Gasteiger partial charge in [0, 0.05) is 0 Å². The van der Waals surface area contributed by atoms with E-state index in [0.717, 1.165) is 16.7 Å². The lowest BCUT2D eigenvalue weighted by atomic mass is 10.1. The van der Waals surface area contributed by atoms with Crippen molar-refractivity contribution < 1.29 is 9.90 Å². The van der Waals surface area contributed by atoms with Crippen molar-refractivity contribution in [1.82, 2.24) is 0 Å². The molecule has 0 aliphatic rings. The van der Waals surface area contributed by atoms with Gasteiger partial charge in [0.1, 0.15) is 0 Å². The highest BCUT2D eigenvalue weighted by Crippen LogP contribution is 2.14. The molecule has 0 unspecified atom stereocenters. The molecule has 1 aromatic rings. The molecule has 0 amide bonds. The van der Waals surface area contributed by atoms with Gasteiger partial charge in [-0.3, -0.25) is 4.79 Å². The van der Waals surface area contributed by atoms with E-state index in [1.807, 2.05) is 19.1 Å². The van der Waals surface area contributed by atoms with Gasteiger partial charge in [0.25, 0.3) is 6.47 Å². The summed E-state index contributed by atoms with van der Waals surface area (Å²) in [6.07, 6.45) is 3.97. The van der Waals surface area contributed by atoms with Crippen LogP contribution in [-0.2, 0) is 4.79 Å². The van der Waals surface area contributed by atoms with Gasteiger partial charge in [-0.25, -0.2) is 0 Å². The number of allylic oxidation sites excluding steroid dienone is 4. The average Bonchev–Trinajstić information content (AvgIpc) is 2.28. The van der Waals surface area contributed by atoms with Crippen LogP contribution in [0.5, 0.6) is 0 Å². The standard InChI is InChI=1S/C14H16.CH2O2/c1-11(2)5-8-13(4)14-9-6-12(3)7-10-14;2-1-3/h5-10H,1,4H2,2-3H3;1H,(H,2,3)/b8-5-;. The van der Waals surface area contributed by atoms with Gasteiger partial charge in [-0.05, 0) is 25.0 Å². The predicted molar refractivity (Wildman–Crippen MR) is 72.9 cm³/mol. The third-order valence-electron chi connectivity index (χ3n) is 1.99. The van der Waals surface area contributed by atoms with Gasteiger partial charge in [0.2, 0.25) is 0 Å². The first kappa shape index (κ1) is 14.9. The zero-order valence-electron chi connectivity index (χ0n) is 10.3. The lowest BCUT2D eigenvalue weighted by Gasteiger charge is -2.00. The van der Waals surface area contributed by atoms with E-state index >= 15 is 0 Å². The van der Waals surface area contributed by atoms with E-state index in [1.54, 1.807) is 0 Å². The first-order valence-corrected chi connectivity index (χ1v) is 5.18. The summed E-state index contributed by atoms with van der Waals surface area (Å²) < 4.78 is 0. The molecule has 0 aliphatic carbocycles. The Labute approximate surface area is 103 Å². The highest BCUT2D eigenvalue weighted by Gasteiger charge is 1.93. The minimum atomic E-state index is -0.250. The van der Waals surface area contributed by atoms with Crippen LogP contribution in [0.15, 0.2) is 55.1 Å². The molecule has 0 spiro atoms. The second kappa shape index (κ2) is 8.11. The summed E-state index contributed by atoms with van der Waals surface area (Å²) in [6, 6.07) is 8.35. The van der Waals surface area contributed by atoms with Crippen molar-refractivity contribution in [3.05, 3.63) is 66.3 Å². The Kier molecular flexibility index (Phi) is 7.11. The molecule has 2 nitrogen and oxygen atoms in total. The van der Waals surface area contributed by atoms with Gasteiger partial charge in [-0.15, -0.1) is 0 Å². The van der Waals surface area contributed by atoms with Crippen molar-refractivity contribution >= 4 is 12.0 Å². The summed E-state index contributed by atoms with van der Waals surface area (Å²) in [6.45, 7) is 11.6. The molecule has 0 bridgehead atoms. The summed E-state index contributed by atoms with van der Waals surface area (Å²) in [5.41, 5.74) is 4.49. The van der Waals surface area contributed by atoms with Crippen molar-refractivity contribution in [2.75, 3.05) is 0 Å². The fourth-order valence-electron chi connectivity index (χ4n) is 1.11. The molecule has 0 saturated carbocycles. The molecule has 0 radical (unpaired) electrons. The van der Waals surface area contributed by atoms with Crippen LogP contribution in [0, 0.1) is 6.92 Å². The molecule has 0 aromatic heterocycles. The molecule has 0 aliphatic heterocycles. The number of hydrogen-bond acceptors (Lipinski definition) is 1.